The van der Waals surface area contributed by atoms with Gasteiger partial charge >= 0.3 is 0 Å². The van der Waals surface area contributed by atoms with Crippen LogP contribution in [0.5, 0.6) is 5.75 Å². The van der Waals surface area contributed by atoms with E-state index in [0.717, 1.165) is 37.1 Å². The van der Waals surface area contributed by atoms with Crippen LogP contribution in [0.15, 0.2) is 18.2 Å². The second-order valence-electron chi connectivity index (χ2n) is 3.18. The summed E-state index contributed by atoms with van der Waals surface area (Å²) in [6.07, 6.45) is 3.09. The lowest BCUT2D eigenvalue weighted by atomic mass is 10.1. The van der Waals surface area contributed by atoms with Gasteiger partial charge in [-0.25, -0.2) is 0 Å². The molecule has 0 amide bonds. The molecular weight excluding hydrogens is 198 g/mol. The Labute approximate surface area is 90.0 Å². The number of unbranched alkanes of at least 4 members (excludes halogenated alkanes) is 1. The van der Waals surface area contributed by atoms with Crippen LogP contribution < -0.4 is 10.5 Å². The van der Waals surface area contributed by atoms with Gasteiger partial charge < -0.3 is 10.5 Å². The van der Waals surface area contributed by atoms with Gasteiger partial charge in [0, 0.05) is 0 Å². The smallest absolute Gasteiger partial charge is 0.140 e. The molecule has 0 radical (unpaired) electrons. The number of nitrogens with two attached hydrogens (primary N) is 1. The van der Waals surface area contributed by atoms with Crippen LogP contribution in [0.4, 0.5) is 0 Å². The zero-order valence-corrected chi connectivity index (χ0v) is 9.18. The van der Waals surface area contributed by atoms with Crippen molar-refractivity contribution in [1.82, 2.24) is 0 Å². The van der Waals surface area contributed by atoms with Gasteiger partial charge in [0.15, 0.2) is 0 Å². The summed E-state index contributed by atoms with van der Waals surface area (Å²) >= 11 is 5.99. The maximum absolute atomic E-state index is 5.99. The molecule has 0 saturated carbocycles. The van der Waals surface area contributed by atoms with Crippen LogP contribution >= 0.6 is 11.6 Å². The van der Waals surface area contributed by atoms with Crippen LogP contribution in [-0.2, 0) is 6.42 Å². The summed E-state index contributed by atoms with van der Waals surface area (Å²) in [5.41, 5.74) is 6.60. The predicted molar refractivity (Wildman–Crippen MR) is 60.0 cm³/mol. The second-order valence-corrected chi connectivity index (χ2v) is 3.59. The number of ether oxygens (including phenoxy) is 1. The monoisotopic (exact) mass is 213 g/mol. The highest BCUT2D eigenvalue weighted by molar-refractivity contribution is 6.32. The molecule has 1 aromatic carbocycles. The summed E-state index contributed by atoms with van der Waals surface area (Å²) in [4.78, 5) is 0. The molecule has 3 heteroatoms. The van der Waals surface area contributed by atoms with E-state index in [2.05, 4.69) is 0 Å². The van der Waals surface area contributed by atoms with Gasteiger partial charge in [-0.3, -0.25) is 0 Å². The number of methoxy groups -OCH3 is 1. The van der Waals surface area contributed by atoms with Gasteiger partial charge in [0.1, 0.15) is 5.75 Å². The summed E-state index contributed by atoms with van der Waals surface area (Å²) in [5.74, 6) is 0.797. The molecule has 14 heavy (non-hydrogen) atoms. The van der Waals surface area contributed by atoms with Crippen molar-refractivity contribution in [3.05, 3.63) is 28.8 Å². The number of hydrogen-bond donors (Lipinski definition) is 1. The third-order valence-electron chi connectivity index (χ3n) is 2.15. The standard InChI is InChI=1S/C11H16ClNO/c1-14-11-9(5-2-3-8-13)6-4-7-10(11)12/h4,6-7H,2-3,5,8,13H2,1H3. The van der Waals surface area contributed by atoms with E-state index in [9.17, 15) is 0 Å². The van der Waals surface area contributed by atoms with Crippen molar-refractivity contribution in [3.63, 3.8) is 0 Å². The highest BCUT2D eigenvalue weighted by atomic mass is 35.5. The molecule has 0 atom stereocenters. The number of para-hydroxylation sites is 1. The van der Waals surface area contributed by atoms with Crippen molar-refractivity contribution in [2.24, 2.45) is 5.73 Å². The minimum Gasteiger partial charge on any atom is -0.495 e. The molecule has 78 valence electrons. The second kappa shape index (κ2) is 5.89. The number of benzene rings is 1. The number of halogens is 1. The van der Waals surface area contributed by atoms with Crippen LogP contribution in [0.25, 0.3) is 0 Å². The molecule has 1 aromatic rings. The summed E-state index contributed by atoms with van der Waals surface area (Å²) in [6, 6.07) is 5.83. The van der Waals surface area contributed by atoms with Crippen LogP contribution in [-0.4, -0.2) is 13.7 Å². The lowest BCUT2D eigenvalue weighted by Gasteiger charge is -2.09. The molecule has 0 unspecified atom stereocenters. The van der Waals surface area contributed by atoms with E-state index in [1.807, 2.05) is 18.2 Å². The van der Waals surface area contributed by atoms with Crippen molar-refractivity contribution in [3.8, 4) is 5.75 Å². The molecular formula is C11H16ClNO. The predicted octanol–water partition coefficient (Wildman–Crippen LogP) is 2.63. The zero-order chi connectivity index (χ0) is 10.4. The molecule has 0 saturated heterocycles. The van der Waals surface area contributed by atoms with Gasteiger partial charge in [-0.1, -0.05) is 23.7 Å². The van der Waals surface area contributed by atoms with Crippen LogP contribution in [0.1, 0.15) is 18.4 Å². The minimum absolute atomic E-state index is 0.678. The van der Waals surface area contributed by atoms with Gasteiger partial charge in [0.05, 0.1) is 12.1 Å². The maximum Gasteiger partial charge on any atom is 0.140 e. The van der Waals surface area contributed by atoms with Crippen LogP contribution in [0.2, 0.25) is 5.02 Å². The fourth-order valence-corrected chi connectivity index (χ4v) is 1.71. The van der Waals surface area contributed by atoms with E-state index in [4.69, 9.17) is 22.1 Å². The third kappa shape index (κ3) is 2.89. The van der Waals surface area contributed by atoms with Gasteiger partial charge in [-0.2, -0.15) is 0 Å². The van der Waals surface area contributed by atoms with Crippen molar-refractivity contribution in [2.45, 2.75) is 19.3 Å². The topological polar surface area (TPSA) is 35.2 Å². The van der Waals surface area contributed by atoms with E-state index >= 15 is 0 Å². The molecule has 0 heterocycles. The Morgan fingerprint density at radius 3 is 2.79 bits per heavy atom. The average molecular weight is 214 g/mol. The lowest BCUT2D eigenvalue weighted by Crippen LogP contribution is -2.00. The highest BCUT2D eigenvalue weighted by Gasteiger charge is 2.05. The fraction of sp³-hybridized carbons (Fsp3) is 0.455. The Kier molecular flexibility index (Phi) is 4.77. The number of aryl methyl sites for hydroxylation is 1. The molecule has 0 fully saturated rings. The SMILES string of the molecule is COc1c(Cl)cccc1CCCCN. The van der Waals surface area contributed by atoms with Crippen molar-refractivity contribution >= 4 is 11.6 Å². The third-order valence-corrected chi connectivity index (χ3v) is 2.45. The molecule has 0 aliphatic heterocycles. The molecule has 2 N–H and O–H groups in total. The largest absolute Gasteiger partial charge is 0.495 e. The average Bonchev–Trinajstić information content (AvgIpc) is 2.18. The molecule has 0 aliphatic rings. The molecule has 2 nitrogen and oxygen atoms in total. The van der Waals surface area contributed by atoms with Crippen LogP contribution in [0.3, 0.4) is 0 Å². The summed E-state index contributed by atoms with van der Waals surface area (Å²) < 4.78 is 5.24. The zero-order valence-electron chi connectivity index (χ0n) is 8.42. The lowest BCUT2D eigenvalue weighted by molar-refractivity contribution is 0.409. The first-order valence-corrected chi connectivity index (χ1v) is 5.19. The summed E-state index contributed by atoms with van der Waals surface area (Å²) in [5, 5.41) is 0.678. The first-order valence-electron chi connectivity index (χ1n) is 4.81. The Bertz CT molecular complexity index is 289. The van der Waals surface area contributed by atoms with Gasteiger partial charge in [-0.15, -0.1) is 0 Å². The summed E-state index contributed by atoms with van der Waals surface area (Å²) in [6.45, 7) is 0.739. The van der Waals surface area contributed by atoms with E-state index in [1.165, 1.54) is 0 Å². The Hall–Kier alpha value is -0.730. The number of hydrogen-bond acceptors (Lipinski definition) is 2. The summed E-state index contributed by atoms with van der Waals surface area (Å²) in [7, 11) is 1.65. The molecule has 0 spiro atoms. The van der Waals surface area contributed by atoms with Crippen molar-refractivity contribution in [2.75, 3.05) is 13.7 Å². The molecule has 0 aromatic heterocycles. The minimum atomic E-state index is 0.678. The van der Waals surface area contributed by atoms with E-state index in [-0.39, 0.29) is 0 Å². The molecule has 1 rings (SSSR count). The quantitative estimate of drug-likeness (QED) is 0.764. The van der Waals surface area contributed by atoms with Crippen LogP contribution in [0, 0.1) is 0 Å². The van der Waals surface area contributed by atoms with E-state index in [1.54, 1.807) is 7.11 Å². The Morgan fingerprint density at radius 1 is 1.36 bits per heavy atom. The van der Waals surface area contributed by atoms with Gasteiger partial charge in [-0.05, 0) is 37.4 Å². The normalized spacial score (nSPS) is 10.2. The first kappa shape index (κ1) is 11.3. The van der Waals surface area contributed by atoms with Gasteiger partial charge in [0.25, 0.3) is 0 Å². The Morgan fingerprint density at radius 2 is 2.14 bits per heavy atom. The Balaban J connectivity index is 2.70. The molecule has 0 aliphatic carbocycles. The first-order chi connectivity index (χ1) is 6.79. The highest BCUT2D eigenvalue weighted by Crippen LogP contribution is 2.29. The number of rotatable bonds is 5. The van der Waals surface area contributed by atoms with Gasteiger partial charge in [0.2, 0.25) is 0 Å². The maximum atomic E-state index is 5.99. The fourth-order valence-electron chi connectivity index (χ4n) is 1.44. The van der Waals surface area contributed by atoms with Crippen molar-refractivity contribution in [1.29, 1.82) is 0 Å². The molecule has 0 bridgehead atoms. The van der Waals surface area contributed by atoms with E-state index < -0.39 is 0 Å². The van der Waals surface area contributed by atoms with Crippen molar-refractivity contribution < 1.29 is 4.74 Å². The van der Waals surface area contributed by atoms with E-state index in [0.29, 0.717) is 5.02 Å².